The van der Waals surface area contributed by atoms with Crippen LogP contribution in [0.15, 0.2) is 0 Å². The van der Waals surface area contributed by atoms with Crippen molar-refractivity contribution < 1.29 is 9.47 Å². The smallest absolute Gasteiger partial charge is 0.127 e. The quantitative estimate of drug-likeness (QED) is 0.862. The maximum Gasteiger partial charge on any atom is 0.127 e. The van der Waals surface area contributed by atoms with Gasteiger partial charge in [-0.3, -0.25) is 4.68 Å². The first kappa shape index (κ1) is 12.4. The fourth-order valence-electron chi connectivity index (χ4n) is 2.13. The van der Waals surface area contributed by atoms with Crippen molar-refractivity contribution in [2.24, 2.45) is 7.05 Å². The van der Waals surface area contributed by atoms with Gasteiger partial charge in [0.2, 0.25) is 0 Å². The summed E-state index contributed by atoms with van der Waals surface area (Å²) in [5.74, 6) is 0.687. The van der Waals surface area contributed by atoms with Crippen molar-refractivity contribution in [2.75, 3.05) is 18.9 Å². The molecule has 5 heteroatoms. The molecule has 96 valence electrons. The fourth-order valence-corrected chi connectivity index (χ4v) is 2.13. The SMILES string of the molecule is Cc1nn(C)c(N)c1COCC1CCCCO1. The van der Waals surface area contributed by atoms with Gasteiger partial charge in [0.1, 0.15) is 5.82 Å². The third kappa shape index (κ3) is 2.98. The molecule has 17 heavy (non-hydrogen) atoms. The van der Waals surface area contributed by atoms with E-state index in [-0.39, 0.29) is 6.10 Å². The molecule has 1 aliphatic heterocycles. The molecule has 1 unspecified atom stereocenters. The van der Waals surface area contributed by atoms with E-state index in [1.54, 1.807) is 4.68 Å². The molecular formula is C12H21N3O2. The Balaban J connectivity index is 1.81. The lowest BCUT2D eigenvalue weighted by Gasteiger charge is -2.22. The number of hydrogen-bond acceptors (Lipinski definition) is 4. The number of aromatic nitrogens is 2. The van der Waals surface area contributed by atoms with Gasteiger partial charge in [-0.1, -0.05) is 0 Å². The van der Waals surface area contributed by atoms with Crippen molar-refractivity contribution >= 4 is 5.82 Å². The lowest BCUT2D eigenvalue weighted by atomic mass is 10.1. The summed E-state index contributed by atoms with van der Waals surface area (Å²) in [5, 5.41) is 4.26. The minimum absolute atomic E-state index is 0.252. The van der Waals surface area contributed by atoms with E-state index in [1.807, 2.05) is 14.0 Å². The average Bonchev–Trinajstić information content (AvgIpc) is 2.57. The molecule has 0 spiro atoms. The topological polar surface area (TPSA) is 62.3 Å². The van der Waals surface area contributed by atoms with Crippen LogP contribution >= 0.6 is 0 Å². The molecule has 0 radical (unpaired) electrons. The molecule has 0 amide bonds. The molecule has 1 fully saturated rings. The Morgan fingerprint density at radius 2 is 2.35 bits per heavy atom. The third-order valence-corrected chi connectivity index (χ3v) is 3.22. The van der Waals surface area contributed by atoms with E-state index in [9.17, 15) is 0 Å². The molecular weight excluding hydrogens is 218 g/mol. The van der Waals surface area contributed by atoms with Crippen LogP contribution in [0.25, 0.3) is 0 Å². The summed E-state index contributed by atoms with van der Waals surface area (Å²) in [4.78, 5) is 0. The van der Waals surface area contributed by atoms with E-state index in [0.29, 0.717) is 19.0 Å². The number of ether oxygens (including phenoxy) is 2. The summed E-state index contributed by atoms with van der Waals surface area (Å²) in [6.07, 6.45) is 3.76. The molecule has 1 saturated heterocycles. The Labute approximate surface area is 102 Å². The van der Waals surface area contributed by atoms with Gasteiger partial charge >= 0.3 is 0 Å². The van der Waals surface area contributed by atoms with Crippen LogP contribution < -0.4 is 5.73 Å². The van der Waals surface area contributed by atoms with E-state index < -0.39 is 0 Å². The molecule has 2 N–H and O–H groups in total. The van der Waals surface area contributed by atoms with E-state index >= 15 is 0 Å². The maximum absolute atomic E-state index is 5.91. The molecule has 1 atom stereocenters. The molecule has 2 heterocycles. The van der Waals surface area contributed by atoms with Crippen molar-refractivity contribution in [3.63, 3.8) is 0 Å². The number of aryl methyl sites for hydroxylation is 2. The van der Waals surface area contributed by atoms with Crippen molar-refractivity contribution in [3.05, 3.63) is 11.3 Å². The highest BCUT2D eigenvalue weighted by atomic mass is 16.5. The number of nitrogen functional groups attached to an aromatic ring is 1. The molecule has 1 aromatic heterocycles. The predicted molar refractivity (Wildman–Crippen MR) is 65.6 cm³/mol. The molecule has 0 saturated carbocycles. The van der Waals surface area contributed by atoms with Crippen LogP contribution in [0.4, 0.5) is 5.82 Å². The average molecular weight is 239 g/mol. The Morgan fingerprint density at radius 1 is 1.53 bits per heavy atom. The highest BCUT2D eigenvalue weighted by Crippen LogP contribution is 2.17. The van der Waals surface area contributed by atoms with Gasteiger partial charge in [0.25, 0.3) is 0 Å². The van der Waals surface area contributed by atoms with Gasteiger partial charge in [-0.2, -0.15) is 5.10 Å². The second-order valence-corrected chi connectivity index (χ2v) is 4.58. The zero-order valence-corrected chi connectivity index (χ0v) is 10.6. The zero-order chi connectivity index (χ0) is 12.3. The summed E-state index contributed by atoms with van der Waals surface area (Å²) < 4.78 is 13.0. The van der Waals surface area contributed by atoms with E-state index in [1.165, 1.54) is 12.8 Å². The number of nitrogens with two attached hydrogens (primary N) is 1. The Morgan fingerprint density at radius 3 is 2.94 bits per heavy atom. The van der Waals surface area contributed by atoms with Gasteiger partial charge in [-0.05, 0) is 26.2 Å². The first-order chi connectivity index (χ1) is 8.18. The first-order valence-corrected chi connectivity index (χ1v) is 6.15. The Hall–Kier alpha value is -1.07. The molecule has 0 bridgehead atoms. The predicted octanol–water partition coefficient (Wildman–Crippen LogP) is 1.40. The Kier molecular flexibility index (Phi) is 4.02. The molecule has 1 aliphatic rings. The van der Waals surface area contributed by atoms with Crippen LogP contribution in [0.3, 0.4) is 0 Å². The van der Waals surface area contributed by atoms with Crippen LogP contribution in [0.5, 0.6) is 0 Å². The minimum Gasteiger partial charge on any atom is -0.384 e. The van der Waals surface area contributed by atoms with Crippen molar-refractivity contribution in [1.82, 2.24) is 9.78 Å². The maximum atomic E-state index is 5.91. The molecule has 0 aromatic carbocycles. The lowest BCUT2D eigenvalue weighted by molar-refractivity contribution is -0.0447. The summed E-state index contributed by atoms with van der Waals surface area (Å²) in [6, 6.07) is 0. The number of nitrogens with zero attached hydrogens (tertiary/aromatic N) is 2. The van der Waals surface area contributed by atoms with Crippen molar-refractivity contribution in [3.8, 4) is 0 Å². The lowest BCUT2D eigenvalue weighted by Crippen LogP contribution is -2.24. The summed E-state index contributed by atoms with van der Waals surface area (Å²) in [5.41, 5.74) is 7.84. The van der Waals surface area contributed by atoms with Crippen molar-refractivity contribution in [1.29, 1.82) is 0 Å². The minimum atomic E-state index is 0.252. The van der Waals surface area contributed by atoms with Crippen LogP contribution in [0.1, 0.15) is 30.5 Å². The normalized spacial score (nSPS) is 20.7. The largest absolute Gasteiger partial charge is 0.384 e. The highest BCUT2D eigenvalue weighted by Gasteiger charge is 2.15. The van der Waals surface area contributed by atoms with E-state index in [0.717, 1.165) is 24.3 Å². The number of anilines is 1. The second kappa shape index (κ2) is 5.51. The third-order valence-electron chi connectivity index (χ3n) is 3.22. The molecule has 0 aliphatic carbocycles. The molecule has 2 rings (SSSR count). The Bertz CT molecular complexity index is 370. The molecule has 5 nitrogen and oxygen atoms in total. The van der Waals surface area contributed by atoms with E-state index in [2.05, 4.69) is 5.10 Å². The van der Waals surface area contributed by atoms with Gasteiger partial charge in [-0.25, -0.2) is 0 Å². The summed E-state index contributed by atoms with van der Waals surface area (Å²) in [7, 11) is 1.84. The summed E-state index contributed by atoms with van der Waals surface area (Å²) in [6.45, 7) is 3.98. The van der Waals surface area contributed by atoms with Crippen LogP contribution in [0.2, 0.25) is 0 Å². The van der Waals surface area contributed by atoms with Crippen LogP contribution in [0, 0.1) is 6.92 Å². The van der Waals surface area contributed by atoms with Gasteiger partial charge in [0, 0.05) is 19.2 Å². The highest BCUT2D eigenvalue weighted by molar-refractivity contribution is 5.42. The zero-order valence-electron chi connectivity index (χ0n) is 10.6. The van der Waals surface area contributed by atoms with Gasteiger partial charge in [0.15, 0.2) is 0 Å². The standard InChI is InChI=1S/C12H21N3O2/c1-9-11(12(13)15(2)14-9)8-16-7-10-5-3-4-6-17-10/h10H,3-8,13H2,1-2H3. The summed E-state index contributed by atoms with van der Waals surface area (Å²) >= 11 is 0. The van der Waals surface area contributed by atoms with Gasteiger partial charge in [0.05, 0.1) is 25.0 Å². The monoisotopic (exact) mass is 239 g/mol. The van der Waals surface area contributed by atoms with Crippen LogP contribution in [-0.4, -0.2) is 29.1 Å². The van der Waals surface area contributed by atoms with Crippen molar-refractivity contribution in [2.45, 2.75) is 38.9 Å². The van der Waals surface area contributed by atoms with Gasteiger partial charge < -0.3 is 15.2 Å². The first-order valence-electron chi connectivity index (χ1n) is 6.15. The number of rotatable bonds is 4. The van der Waals surface area contributed by atoms with Crippen LogP contribution in [-0.2, 0) is 23.1 Å². The van der Waals surface area contributed by atoms with E-state index in [4.69, 9.17) is 15.2 Å². The fraction of sp³-hybridized carbons (Fsp3) is 0.750. The number of hydrogen-bond donors (Lipinski definition) is 1. The second-order valence-electron chi connectivity index (χ2n) is 4.58. The van der Waals surface area contributed by atoms with Gasteiger partial charge in [-0.15, -0.1) is 0 Å². The molecule has 1 aromatic rings.